The molecule has 1 aromatic heterocycles. The maximum Gasteiger partial charge on any atom is 0.318 e. The zero-order chi connectivity index (χ0) is 18.6. The molecule has 1 aromatic carbocycles. The van der Waals surface area contributed by atoms with Crippen LogP contribution in [-0.2, 0) is 21.1 Å². The van der Waals surface area contributed by atoms with E-state index >= 15 is 0 Å². The Bertz CT molecular complexity index is 843. The van der Waals surface area contributed by atoms with Crippen LogP contribution in [0.3, 0.4) is 0 Å². The fraction of sp³-hybridized carbons (Fsp3) is 0.471. The Morgan fingerprint density at radius 2 is 1.81 bits per heavy atom. The summed E-state index contributed by atoms with van der Waals surface area (Å²) in [6.45, 7) is 4.13. The fourth-order valence-corrected chi connectivity index (χ4v) is 4.04. The number of sulfone groups is 1. The second kappa shape index (κ2) is 7.86. The summed E-state index contributed by atoms with van der Waals surface area (Å²) in [4.78, 5) is 16.2. The summed E-state index contributed by atoms with van der Waals surface area (Å²) in [5.74, 6) is 0.258. The molecular formula is C17H22N4O4S. The Labute approximate surface area is 152 Å². The Morgan fingerprint density at radius 1 is 1.12 bits per heavy atom. The molecule has 0 spiro atoms. The molecule has 2 heterocycles. The summed E-state index contributed by atoms with van der Waals surface area (Å²) in [6, 6.07) is 8.68. The van der Waals surface area contributed by atoms with E-state index in [1.54, 1.807) is 35.2 Å². The van der Waals surface area contributed by atoms with Crippen LogP contribution in [0.1, 0.15) is 19.2 Å². The number of amides is 1. The highest BCUT2D eigenvalue weighted by molar-refractivity contribution is 7.91. The average Bonchev–Trinajstić information content (AvgIpc) is 3.16. The third kappa shape index (κ3) is 4.21. The van der Waals surface area contributed by atoms with Crippen molar-refractivity contribution < 1.29 is 17.6 Å². The van der Waals surface area contributed by atoms with Gasteiger partial charge in [0.2, 0.25) is 11.8 Å². The van der Waals surface area contributed by atoms with Gasteiger partial charge in [-0.15, -0.1) is 5.10 Å². The molecule has 0 atom stereocenters. The number of benzene rings is 1. The number of aryl methyl sites for hydroxylation is 1. The third-order valence-electron chi connectivity index (χ3n) is 4.35. The van der Waals surface area contributed by atoms with Gasteiger partial charge in [0.25, 0.3) is 0 Å². The number of carbonyl (C=O) groups is 1. The molecule has 8 nitrogen and oxygen atoms in total. The van der Waals surface area contributed by atoms with Crippen molar-refractivity contribution in [2.45, 2.75) is 24.7 Å². The number of aromatic nitrogens is 2. The zero-order valence-electron chi connectivity index (χ0n) is 14.7. The maximum atomic E-state index is 12.4. The largest absolute Gasteiger partial charge is 0.408 e. The lowest BCUT2D eigenvalue weighted by atomic mass is 10.3. The summed E-state index contributed by atoms with van der Waals surface area (Å²) >= 11 is 0. The molecule has 0 radical (unpaired) electrons. The molecule has 1 amide bonds. The van der Waals surface area contributed by atoms with Crippen LogP contribution in [0.2, 0.25) is 0 Å². The minimum atomic E-state index is -3.44. The van der Waals surface area contributed by atoms with Crippen molar-refractivity contribution >= 4 is 21.8 Å². The molecule has 1 aliphatic heterocycles. The molecule has 26 heavy (non-hydrogen) atoms. The highest BCUT2D eigenvalue weighted by atomic mass is 32.2. The number of piperazine rings is 1. The average molecular weight is 378 g/mol. The van der Waals surface area contributed by atoms with E-state index in [0.717, 1.165) is 0 Å². The van der Waals surface area contributed by atoms with Gasteiger partial charge < -0.3 is 14.2 Å². The molecule has 0 aliphatic carbocycles. The number of nitrogens with zero attached hydrogens (tertiary/aromatic N) is 4. The molecule has 0 N–H and O–H groups in total. The highest BCUT2D eigenvalue weighted by Gasteiger charge is 2.25. The van der Waals surface area contributed by atoms with Gasteiger partial charge in [0.05, 0.1) is 10.6 Å². The predicted molar refractivity (Wildman–Crippen MR) is 95.6 cm³/mol. The molecule has 1 aliphatic rings. The molecule has 1 fully saturated rings. The van der Waals surface area contributed by atoms with E-state index in [0.29, 0.717) is 44.5 Å². The Balaban J connectivity index is 1.51. The second-order valence-corrected chi connectivity index (χ2v) is 8.19. The SMILES string of the molecule is CCc1nnc(N2CCN(C(=O)CCS(=O)(=O)c3ccccc3)CC2)o1. The molecular weight excluding hydrogens is 356 g/mol. The third-order valence-corrected chi connectivity index (χ3v) is 6.08. The van der Waals surface area contributed by atoms with Gasteiger partial charge in [-0.25, -0.2) is 8.42 Å². The smallest absolute Gasteiger partial charge is 0.318 e. The summed E-state index contributed by atoms with van der Waals surface area (Å²) in [7, 11) is -3.44. The zero-order valence-corrected chi connectivity index (χ0v) is 15.5. The van der Waals surface area contributed by atoms with Crippen LogP contribution in [0.15, 0.2) is 39.6 Å². The molecule has 140 valence electrons. The standard InChI is InChI=1S/C17H22N4O4S/c1-2-15-18-19-17(25-15)21-11-9-20(10-12-21)16(22)8-13-26(23,24)14-6-4-3-5-7-14/h3-7H,2,8-13H2,1H3. The van der Waals surface area contributed by atoms with Crippen molar-refractivity contribution in [3.05, 3.63) is 36.2 Å². The van der Waals surface area contributed by atoms with Crippen molar-refractivity contribution in [1.82, 2.24) is 15.1 Å². The lowest BCUT2D eigenvalue weighted by molar-refractivity contribution is -0.131. The molecule has 1 saturated heterocycles. The van der Waals surface area contributed by atoms with Crippen LogP contribution >= 0.6 is 0 Å². The summed E-state index contributed by atoms with van der Waals surface area (Å²) in [5.41, 5.74) is 0. The molecule has 0 saturated carbocycles. The number of hydrogen-bond donors (Lipinski definition) is 0. The van der Waals surface area contributed by atoms with Gasteiger partial charge in [0, 0.05) is 39.0 Å². The van der Waals surface area contributed by atoms with E-state index in [1.807, 2.05) is 11.8 Å². The van der Waals surface area contributed by atoms with Crippen molar-refractivity contribution in [2.24, 2.45) is 0 Å². The van der Waals surface area contributed by atoms with E-state index in [1.165, 1.54) is 0 Å². The Kier molecular flexibility index (Phi) is 5.55. The van der Waals surface area contributed by atoms with Crippen LogP contribution in [-0.4, -0.2) is 61.4 Å². The van der Waals surface area contributed by atoms with Crippen LogP contribution in [0.25, 0.3) is 0 Å². The van der Waals surface area contributed by atoms with Gasteiger partial charge in [-0.05, 0) is 12.1 Å². The number of carbonyl (C=O) groups excluding carboxylic acids is 1. The van der Waals surface area contributed by atoms with Crippen molar-refractivity contribution in [1.29, 1.82) is 0 Å². The molecule has 9 heteroatoms. The summed E-state index contributed by atoms with van der Waals surface area (Å²) in [6.07, 6.45) is 0.666. The van der Waals surface area contributed by atoms with Crippen molar-refractivity contribution in [3.8, 4) is 0 Å². The summed E-state index contributed by atoms with van der Waals surface area (Å²) < 4.78 is 30.1. The minimum absolute atomic E-state index is 0.0161. The van der Waals surface area contributed by atoms with Gasteiger partial charge in [0.1, 0.15) is 0 Å². The fourth-order valence-electron chi connectivity index (χ4n) is 2.79. The first-order valence-corrected chi connectivity index (χ1v) is 10.3. The van der Waals surface area contributed by atoms with Gasteiger partial charge in [-0.3, -0.25) is 4.79 Å². The first kappa shape index (κ1) is 18.4. The number of hydrogen-bond acceptors (Lipinski definition) is 7. The lowest BCUT2D eigenvalue weighted by Crippen LogP contribution is -2.49. The quantitative estimate of drug-likeness (QED) is 0.744. The Morgan fingerprint density at radius 3 is 2.42 bits per heavy atom. The van der Waals surface area contributed by atoms with Crippen molar-refractivity contribution in [3.63, 3.8) is 0 Å². The van der Waals surface area contributed by atoms with E-state index in [-0.39, 0.29) is 23.0 Å². The highest BCUT2D eigenvalue weighted by Crippen LogP contribution is 2.16. The van der Waals surface area contributed by atoms with Gasteiger partial charge in [-0.1, -0.05) is 30.2 Å². The second-order valence-electron chi connectivity index (χ2n) is 6.08. The maximum absolute atomic E-state index is 12.4. The molecule has 0 bridgehead atoms. The van der Waals surface area contributed by atoms with Gasteiger partial charge in [-0.2, -0.15) is 0 Å². The Hall–Kier alpha value is -2.42. The van der Waals surface area contributed by atoms with Crippen LogP contribution in [0.4, 0.5) is 6.01 Å². The molecule has 2 aromatic rings. The normalized spacial score (nSPS) is 15.3. The van der Waals surface area contributed by atoms with Crippen LogP contribution < -0.4 is 4.90 Å². The monoisotopic (exact) mass is 378 g/mol. The van der Waals surface area contributed by atoms with Crippen molar-refractivity contribution in [2.75, 3.05) is 36.8 Å². The van der Waals surface area contributed by atoms with Gasteiger partial charge >= 0.3 is 6.01 Å². The summed E-state index contributed by atoms with van der Waals surface area (Å²) in [5, 5.41) is 7.95. The van der Waals surface area contributed by atoms with Gasteiger partial charge in [0.15, 0.2) is 9.84 Å². The molecule has 3 rings (SSSR count). The van der Waals surface area contributed by atoms with E-state index in [4.69, 9.17) is 4.42 Å². The predicted octanol–water partition coefficient (Wildman–Crippen LogP) is 1.14. The van der Waals surface area contributed by atoms with Crippen LogP contribution in [0.5, 0.6) is 0 Å². The number of rotatable bonds is 6. The topological polar surface area (TPSA) is 96.6 Å². The van der Waals surface area contributed by atoms with E-state index < -0.39 is 9.84 Å². The lowest BCUT2D eigenvalue weighted by Gasteiger charge is -2.33. The van der Waals surface area contributed by atoms with E-state index in [9.17, 15) is 13.2 Å². The first-order valence-electron chi connectivity index (χ1n) is 8.62. The van der Waals surface area contributed by atoms with Crippen LogP contribution in [0, 0.1) is 0 Å². The number of anilines is 1. The molecule has 0 unspecified atom stereocenters. The first-order chi connectivity index (χ1) is 12.5. The van der Waals surface area contributed by atoms with E-state index in [2.05, 4.69) is 10.2 Å². The minimum Gasteiger partial charge on any atom is -0.408 e.